The van der Waals surface area contributed by atoms with Gasteiger partial charge in [-0.1, -0.05) is 78.9 Å². The Labute approximate surface area is 238 Å². The molecule has 4 aromatic carbocycles. The molecule has 2 aliphatic rings. The van der Waals surface area contributed by atoms with E-state index in [4.69, 9.17) is 9.47 Å². The fourth-order valence-electron chi connectivity index (χ4n) is 5.82. The summed E-state index contributed by atoms with van der Waals surface area (Å²) in [6.07, 6.45) is 1.99. The monoisotopic (exact) mass is 530 g/mol. The van der Waals surface area contributed by atoms with Crippen LogP contribution in [0.2, 0.25) is 0 Å². The van der Waals surface area contributed by atoms with Crippen LogP contribution >= 0.6 is 0 Å². The molecule has 0 aromatic heterocycles. The summed E-state index contributed by atoms with van der Waals surface area (Å²) in [4.78, 5) is 2.50. The Kier molecular flexibility index (Phi) is 8.27. The first-order chi connectivity index (χ1) is 19.7. The van der Waals surface area contributed by atoms with Crippen LogP contribution in [0.15, 0.2) is 103 Å². The van der Waals surface area contributed by atoms with Gasteiger partial charge in [-0.25, -0.2) is 0 Å². The molecule has 40 heavy (non-hydrogen) atoms. The second-order valence-electron chi connectivity index (χ2n) is 10.8. The van der Waals surface area contributed by atoms with Gasteiger partial charge in [0.15, 0.2) is 0 Å². The summed E-state index contributed by atoms with van der Waals surface area (Å²) in [6, 6.07) is 36.8. The quantitative estimate of drug-likeness (QED) is 0.257. The van der Waals surface area contributed by atoms with E-state index < -0.39 is 0 Å². The van der Waals surface area contributed by atoms with Crippen molar-refractivity contribution in [2.24, 2.45) is 0 Å². The molecule has 0 amide bonds. The molecule has 1 fully saturated rings. The third-order valence-electron chi connectivity index (χ3n) is 8.07. The van der Waals surface area contributed by atoms with Gasteiger partial charge >= 0.3 is 0 Å². The number of aryl methyl sites for hydroxylation is 1. The van der Waals surface area contributed by atoms with E-state index >= 15 is 0 Å². The van der Waals surface area contributed by atoms with E-state index in [9.17, 15) is 0 Å². The minimum atomic E-state index is 0.401. The molecule has 0 bridgehead atoms. The highest BCUT2D eigenvalue weighted by molar-refractivity contribution is 6.00. The second kappa shape index (κ2) is 12.5. The molecule has 1 heterocycles. The summed E-state index contributed by atoms with van der Waals surface area (Å²) in [7, 11) is 0. The fourth-order valence-corrected chi connectivity index (χ4v) is 5.82. The Morgan fingerprint density at radius 1 is 0.725 bits per heavy atom. The highest BCUT2D eigenvalue weighted by atomic mass is 16.5. The standard InChI is InChI=1S/C36H38N2O2/c1-27(38-22-20-37-21-23-38)25-39-32-15-12-30(13-16-32)36-34(29-10-6-3-7-11-29)18-14-31-24-33(17-19-35(31)36)40-26-28-8-4-2-5-9-28/h2-13,15-17,19,24,27,37H,14,18,20-23,25-26H2,1H3/t27-/m1/s1. The van der Waals surface area contributed by atoms with Crippen LogP contribution < -0.4 is 14.8 Å². The van der Waals surface area contributed by atoms with Gasteiger partial charge in [0, 0.05) is 32.2 Å². The third kappa shape index (κ3) is 6.14. The predicted molar refractivity (Wildman–Crippen MR) is 164 cm³/mol. The number of benzene rings is 4. The summed E-state index contributed by atoms with van der Waals surface area (Å²) in [5.41, 5.74) is 9.02. The van der Waals surface area contributed by atoms with Crippen LogP contribution in [0.3, 0.4) is 0 Å². The summed E-state index contributed by atoms with van der Waals surface area (Å²) in [5.74, 6) is 1.85. The summed E-state index contributed by atoms with van der Waals surface area (Å²) >= 11 is 0. The number of piperazine rings is 1. The number of nitrogens with one attached hydrogen (secondary N) is 1. The normalized spacial score (nSPS) is 16.3. The number of rotatable bonds is 9. The highest BCUT2D eigenvalue weighted by Crippen LogP contribution is 2.42. The maximum absolute atomic E-state index is 6.23. The van der Waals surface area contributed by atoms with E-state index in [1.54, 1.807) is 0 Å². The predicted octanol–water partition coefficient (Wildman–Crippen LogP) is 6.84. The topological polar surface area (TPSA) is 33.7 Å². The molecule has 0 unspecified atom stereocenters. The highest BCUT2D eigenvalue weighted by Gasteiger charge is 2.22. The fraction of sp³-hybridized carbons (Fsp3) is 0.278. The zero-order chi connectivity index (χ0) is 27.1. The molecule has 4 heteroatoms. The molecular weight excluding hydrogens is 492 g/mol. The number of nitrogens with zero attached hydrogens (tertiary/aromatic N) is 1. The van der Waals surface area contributed by atoms with Gasteiger partial charge in [0.2, 0.25) is 0 Å². The van der Waals surface area contributed by atoms with Gasteiger partial charge in [0.1, 0.15) is 24.7 Å². The van der Waals surface area contributed by atoms with Crippen LogP contribution in [0, 0.1) is 0 Å². The van der Waals surface area contributed by atoms with E-state index in [1.807, 2.05) is 6.07 Å². The average Bonchev–Trinajstić information content (AvgIpc) is 3.03. The van der Waals surface area contributed by atoms with Gasteiger partial charge in [-0.05, 0) is 83.0 Å². The summed E-state index contributed by atoms with van der Waals surface area (Å²) in [5, 5.41) is 3.43. The number of fused-ring (bicyclic) bond motifs is 1. The maximum Gasteiger partial charge on any atom is 0.120 e. The molecule has 1 atom stereocenters. The first-order valence-electron chi connectivity index (χ1n) is 14.5. The number of ether oxygens (including phenoxy) is 2. The van der Waals surface area contributed by atoms with Gasteiger partial charge in [-0.2, -0.15) is 0 Å². The van der Waals surface area contributed by atoms with E-state index in [2.05, 4.69) is 114 Å². The molecule has 4 aromatic rings. The Morgan fingerprint density at radius 3 is 2.17 bits per heavy atom. The van der Waals surface area contributed by atoms with Crippen molar-refractivity contribution < 1.29 is 9.47 Å². The minimum Gasteiger partial charge on any atom is -0.492 e. The van der Waals surface area contributed by atoms with Crippen LogP contribution in [0.4, 0.5) is 0 Å². The zero-order valence-electron chi connectivity index (χ0n) is 23.3. The molecule has 1 saturated heterocycles. The van der Waals surface area contributed by atoms with E-state index in [-0.39, 0.29) is 0 Å². The van der Waals surface area contributed by atoms with Crippen molar-refractivity contribution in [3.63, 3.8) is 0 Å². The Morgan fingerprint density at radius 2 is 1.43 bits per heavy atom. The lowest BCUT2D eigenvalue weighted by Crippen LogP contribution is -2.49. The Hall–Kier alpha value is -3.86. The molecule has 204 valence electrons. The number of hydrogen-bond donors (Lipinski definition) is 1. The zero-order valence-corrected chi connectivity index (χ0v) is 23.3. The lowest BCUT2D eigenvalue weighted by Gasteiger charge is -2.32. The molecule has 1 aliphatic carbocycles. The lowest BCUT2D eigenvalue weighted by molar-refractivity contribution is 0.132. The van der Waals surface area contributed by atoms with Crippen LogP contribution in [0.1, 0.15) is 41.2 Å². The average molecular weight is 531 g/mol. The minimum absolute atomic E-state index is 0.401. The summed E-state index contributed by atoms with van der Waals surface area (Å²) in [6.45, 7) is 7.81. The van der Waals surface area contributed by atoms with Gasteiger partial charge in [0.25, 0.3) is 0 Å². The molecule has 4 nitrogen and oxygen atoms in total. The van der Waals surface area contributed by atoms with Gasteiger partial charge < -0.3 is 14.8 Å². The second-order valence-corrected chi connectivity index (χ2v) is 10.8. The lowest BCUT2D eigenvalue weighted by atomic mass is 9.79. The van der Waals surface area contributed by atoms with E-state index in [1.165, 1.54) is 39.0 Å². The van der Waals surface area contributed by atoms with Crippen molar-refractivity contribution in [3.05, 3.63) is 131 Å². The van der Waals surface area contributed by atoms with Gasteiger partial charge in [0.05, 0.1) is 0 Å². The molecule has 6 rings (SSSR count). The third-order valence-corrected chi connectivity index (χ3v) is 8.07. The van der Waals surface area contributed by atoms with Crippen molar-refractivity contribution in [1.82, 2.24) is 10.2 Å². The van der Waals surface area contributed by atoms with Gasteiger partial charge in [-0.15, -0.1) is 0 Å². The Balaban J connectivity index is 1.24. The van der Waals surface area contributed by atoms with Crippen LogP contribution in [0.5, 0.6) is 11.5 Å². The van der Waals surface area contributed by atoms with Gasteiger partial charge in [-0.3, -0.25) is 4.90 Å². The van der Waals surface area contributed by atoms with E-state index in [0.717, 1.165) is 50.5 Å². The van der Waals surface area contributed by atoms with Crippen molar-refractivity contribution >= 4 is 11.1 Å². The van der Waals surface area contributed by atoms with Crippen LogP contribution in [0.25, 0.3) is 11.1 Å². The summed E-state index contributed by atoms with van der Waals surface area (Å²) < 4.78 is 12.4. The van der Waals surface area contributed by atoms with Crippen molar-refractivity contribution in [2.45, 2.75) is 32.4 Å². The molecule has 1 N–H and O–H groups in total. The van der Waals surface area contributed by atoms with E-state index in [0.29, 0.717) is 19.3 Å². The largest absolute Gasteiger partial charge is 0.492 e. The molecular formula is C36H38N2O2. The Bertz CT molecular complexity index is 1430. The molecule has 0 saturated carbocycles. The maximum atomic E-state index is 6.23. The molecule has 0 radical (unpaired) electrons. The van der Waals surface area contributed by atoms with Crippen molar-refractivity contribution in [3.8, 4) is 11.5 Å². The molecule has 0 spiro atoms. The number of hydrogen-bond acceptors (Lipinski definition) is 4. The molecule has 1 aliphatic heterocycles. The SMILES string of the molecule is C[C@H](COc1ccc(C2=C(c3ccccc3)CCc3cc(OCc4ccccc4)ccc32)cc1)N1CCNCC1. The van der Waals surface area contributed by atoms with Crippen molar-refractivity contribution in [1.29, 1.82) is 0 Å². The first kappa shape index (κ1) is 26.4. The van der Waals surface area contributed by atoms with Crippen molar-refractivity contribution in [2.75, 3.05) is 32.8 Å². The smallest absolute Gasteiger partial charge is 0.120 e. The van der Waals surface area contributed by atoms with Crippen LogP contribution in [-0.4, -0.2) is 43.7 Å². The van der Waals surface area contributed by atoms with Crippen LogP contribution in [-0.2, 0) is 13.0 Å². The first-order valence-corrected chi connectivity index (χ1v) is 14.5. The number of allylic oxidation sites excluding steroid dienone is 1.